The molecule has 0 saturated carbocycles. The summed E-state index contributed by atoms with van der Waals surface area (Å²) in [5.74, 6) is -6.82. The Bertz CT molecular complexity index is 2270. The van der Waals surface area contributed by atoms with Crippen LogP contribution in [0.25, 0.3) is 10.9 Å². The summed E-state index contributed by atoms with van der Waals surface area (Å²) >= 11 is 0. The fourth-order valence-electron chi connectivity index (χ4n) is 7.01. The van der Waals surface area contributed by atoms with Gasteiger partial charge in [-0.1, -0.05) is 99.1 Å². The monoisotopic (exact) mass is 896 g/mol. The predicted molar refractivity (Wildman–Crippen MR) is 244 cm³/mol. The van der Waals surface area contributed by atoms with E-state index in [9.17, 15) is 43.8 Å². The second kappa shape index (κ2) is 25.1. The molecule has 1 aromatic heterocycles. The molecule has 0 fully saturated rings. The molecule has 3 aromatic carbocycles. The van der Waals surface area contributed by atoms with Crippen LogP contribution in [-0.4, -0.2) is 105 Å². The molecule has 348 valence electrons. The molecule has 4 aromatic rings. The number of fused-ring (bicyclic) bond motifs is 1. The van der Waals surface area contributed by atoms with Crippen LogP contribution in [0.4, 0.5) is 0 Å². The average molecular weight is 897 g/mol. The van der Waals surface area contributed by atoms with Crippen molar-refractivity contribution in [2.45, 2.75) is 101 Å². The number of nitrogens with two attached hydrogens (primary N) is 3. The number of aromatic nitrogens is 1. The van der Waals surface area contributed by atoms with Crippen molar-refractivity contribution in [3.63, 3.8) is 0 Å². The number of aliphatic carboxylic acids is 2. The first-order valence-corrected chi connectivity index (χ1v) is 21.5. The van der Waals surface area contributed by atoms with Gasteiger partial charge in [0, 0.05) is 49.3 Å². The van der Waals surface area contributed by atoms with Gasteiger partial charge in [-0.2, -0.15) is 0 Å². The Morgan fingerprint density at radius 3 is 1.62 bits per heavy atom. The summed E-state index contributed by atoms with van der Waals surface area (Å²) < 4.78 is 0. The number of rotatable bonds is 26. The van der Waals surface area contributed by atoms with Gasteiger partial charge in [-0.25, -0.2) is 4.79 Å². The summed E-state index contributed by atoms with van der Waals surface area (Å²) in [6, 6.07) is 17.0. The minimum Gasteiger partial charge on any atom is -0.481 e. The molecule has 5 amide bonds. The molecule has 0 aliphatic rings. The SMILES string of the molecule is CC[C@H](C)[C@H](N)C(=O)N[C@@H](CCCN=C(N)N)C(=O)N[C@@H](Cc1c[nH]c2ccccc12)C(=O)N[C@@H](Cc1ccccc1)C(=O)N[C@@H](Cc1ccccc1)C(=O)N[C@@H](CCC(=O)O)C(=O)O. The smallest absolute Gasteiger partial charge is 0.326 e. The second-order valence-electron chi connectivity index (χ2n) is 15.9. The molecule has 0 spiro atoms. The van der Waals surface area contributed by atoms with Gasteiger partial charge < -0.3 is 59.0 Å². The van der Waals surface area contributed by atoms with E-state index < -0.39 is 90.6 Å². The van der Waals surface area contributed by atoms with Crippen molar-refractivity contribution in [1.82, 2.24) is 31.6 Å². The van der Waals surface area contributed by atoms with E-state index in [1.807, 2.05) is 38.1 Å². The van der Waals surface area contributed by atoms with Crippen molar-refractivity contribution in [3.05, 3.63) is 108 Å². The normalized spacial score (nSPS) is 14.3. The number of nitrogens with zero attached hydrogens (tertiary/aromatic N) is 1. The van der Waals surface area contributed by atoms with E-state index in [0.717, 1.165) is 10.9 Å². The number of carboxylic acid groups (broad SMARTS) is 2. The molecule has 0 radical (unpaired) electrons. The zero-order chi connectivity index (χ0) is 47.5. The quantitative estimate of drug-likeness (QED) is 0.0239. The fraction of sp³-hybridized carbons (Fsp3) is 0.391. The van der Waals surface area contributed by atoms with Crippen LogP contribution in [-0.2, 0) is 52.8 Å². The number of carbonyl (C=O) groups excluding carboxylic acids is 5. The lowest BCUT2D eigenvalue weighted by atomic mass is 9.98. The van der Waals surface area contributed by atoms with Crippen LogP contribution in [0.3, 0.4) is 0 Å². The number of carbonyl (C=O) groups is 7. The molecule has 14 N–H and O–H groups in total. The average Bonchev–Trinajstić information content (AvgIpc) is 3.70. The highest BCUT2D eigenvalue weighted by Gasteiger charge is 2.34. The molecule has 0 aliphatic heterocycles. The fourth-order valence-corrected chi connectivity index (χ4v) is 7.01. The zero-order valence-electron chi connectivity index (χ0n) is 36.5. The largest absolute Gasteiger partial charge is 0.481 e. The van der Waals surface area contributed by atoms with Gasteiger partial charge in [0.15, 0.2) is 5.96 Å². The highest BCUT2D eigenvalue weighted by atomic mass is 16.4. The molecule has 65 heavy (non-hydrogen) atoms. The van der Waals surface area contributed by atoms with Gasteiger partial charge in [-0.15, -0.1) is 0 Å². The number of nitrogens with one attached hydrogen (secondary N) is 6. The number of carboxylic acids is 2. The number of aliphatic imine (C=N–C) groups is 1. The van der Waals surface area contributed by atoms with Crippen LogP contribution in [0.2, 0.25) is 0 Å². The van der Waals surface area contributed by atoms with Crippen LogP contribution >= 0.6 is 0 Å². The Hall–Kier alpha value is -7.28. The molecular formula is C46H60N10O9. The lowest BCUT2D eigenvalue weighted by Gasteiger charge is -2.28. The maximum Gasteiger partial charge on any atom is 0.326 e. The number of guanidine groups is 1. The number of H-pyrrole nitrogens is 1. The molecule has 7 atom stereocenters. The van der Waals surface area contributed by atoms with Crippen molar-refractivity contribution in [2.24, 2.45) is 28.1 Å². The highest BCUT2D eigenvalue weighted by Crippen LogP contribution is 2.20. The van der Waals surface area contributed by atoms with Gasteiger partial charge in [0.25, 0.3) is 0 Å². The van der Waals surface area contributed by atoms with E-state index in [4.69, 9.17) is 17.2 Å². The molecular weight excluding hydrogens is 837 g/mol. The summed E-state index contributed by atoms with van der Waals surface area (Å²) in [5.41, 5.74) is 19.9. The van der Waals surface area contributed by atoms with Gasteiger partial charge >= 0.3 is 11.9 Å². The third kappa shape index (κ3) is 16.1. The lowest BCUT2D eigenvalue weighted by molar-refractivity contribution is -0.143. The standard InChI is InChI=1S/C46H60N10O9/c1-3-27(2)39(47)44(63)52-33(19-12-22-50-46(48)49)40(59)56-37(25-30-26-51-32-18-11-10-17-31(30)32)43(62)55-36(24-29-15-8-5-9-16-29)42(61)54-35(23-28-13-6-4-7-14-28)41(60)53-34(45(64)65)20-21-38(57)58/h4-11,13-18,26-27,33-37,39,51H,3,12,19-25,47H2,1-2H3,(H,52,63)(H,53,60)(H,54,61)(H,55,62)(H,56,59)(H,57,58)(H,64,65)(H4,48,49,50)/t27-,33-,34-,35-,36-,37-,39-/m0/s1. The molecule has 0 saturated heterocycles. The Labute approximate surface area is 376 Å². The van der Waals surface area contributed by atoms with Crippen LogP contribution in [0.15, 0.2) is 96.1 Å². The van der Waals surface area contributed by atoms with Gasteiger partial charge in [0.1, 0.15) is 30.2 Å². The molecule has 1 heterocycles. The second-order valence-corrected chi connectivity index (χ2v) is 15.9. The lowest BCUT2D eigenvalue weighted by Crippen LogP contribution is -2.60. The Morgan fingerprint density at radius 2 is 1.11 bits per heavy atom. The third-order valence-electron chi connectivity index (χ3n) is 11.0. The summed E-state index contributed by atoms with van der Waals surface area (Å²) in [4.78, 5) is 101. The van der Waals surface area contributed by atoms with E-state index in [2.05, 4.69) is 36.6 Å². The van der Waals surface area contributed by atoms with Crippen molar-refractivity contribution in [1.29, 1.82) is 0 Å². The van der Waals surface area contributed by atoms with Crippen LogP contribution in [0.5, 0.6) is 0 Å². The number of benzene rings is 3. The summed E-state index contributed by atoms with van der Waals surface area (Å²) in [6.45, 7) is 3.85. The maximum absolute atomic E-state index is 14.7. The molecule has 0 unspecified atom stereocenters. The van der Waals surface area contributed by atoms with Crippen molar-refractivity contribution < 1.29 is 43.8 Å². The van der Waals surface area contributed by atoms with Crippen LogP contribution < -0.4 is 43.8 Å². The van der Waals surface area contributed by atoms with Crippen LogP contribution in [0, 0.1) is 5.92 Å². The van der Waals surface area contributed by atoms with Crippen molar-refractivity contribution in [2.75, 3.05) is 6.54 Å². The first kappa shape index (κ1) is 50.4. The van der Waals surface area contributed by atoms with E-state index in [1.54, 1.807) is 66.9 Å². The third-order valence-corrected chi connectivity index (χ3v) is 11.0. The van der Waals surface area contributed by atoms with Gasteiger partial charge in [0.2, 0.25) is 29.5 Å². The number of hydrogen-bond acceptors (Lipinski definition) is 9. The Balaban J connectivity index is 1.69. The summed E-state index contributed by atoms with van der Waals surface area (Å²) in [6.07, 6.45) is 1.49. The van der Waals surface area contributed by atoms with Crippen molar-refractivity contribution in [3.8, 4) is 0 Å². The number of amides is 5. The number of hydrogen-bond donors (Lipinski definition) is 11. The summed E-state index contributed by atoms with van der Waals surface area (Å²) in [5, 5.41) is 33.1. The van der Waals surface area contributed by atoms with Gasteiger partial charge in [-0.05, 0) is 47.9 Å². The van der Waals surface area contributed by atoms with Gasteiger partial charge in [0.05, 0.1) is 6.04 Å². The molecule has 0 aliphatic carbocycles. The van der Waals surface area contributed by atoms with E-state index in [-0.39, 0.29) is 50.5 Å². The minimum absolute atomic E-state index is 0.0612. The Morgan fingerprint density at radius 1 is 0.631 bits per heavy atom. The van der Waals surface area contributed by atoms with E-state index >= 15 is 0 Å². The van der Waals surface area contributed by atoms with Gasteiger partial charge in [-0.3, -0.25) is 33.8 Å². The predicted octanol–water partition coefficient (Wildman–Crippen LogP) is 0.996. The number of para-hydroxylation sites is 1. The van der Waals surface area contributed by atoms with E-state index in [0.29, 0.717) is 23.1 Å². The molecule has 19 nitrogen and oxygen atoms in total. The molecule has 4 rings (SSSR count). The Kier molecular flexibility index (Phi) is 19.5. The number of aromatic amines is 1. The molecule has 0 bridgehead atoms. The van der Waals surface area contributed by atoms with Crippen LogP contribution in [0.1, 0.15) is 62.6 Å². The molecule has 19 heteroatoms. The first-order valence-electron chi connectivity index (χ1n) is 21.5. The first-order chi connectivity index (χ1) is 31.1. The minimum atomic E-state index is -1.58. The van der Waals surface area contributed by atoms with E-state index in [1.165, 1.54) is 0 Å². The maximum atomic E-state index is 14.7. The highest BCUT2D eigenvalue weighted by molar-refractivity contribution is 5.97. The zero-order valence-corrected chi connectivity index (χ0v) is 36.5. The topological polar surface area (TPSA) is 326 Å². The summed E-state index contributed by atoms with van der Waals surface area (Å²) in [7, 11) is 0. The van der Waals surface area contributed by atoms with Crippen molar-refractivity contribution >= 4 is 58.3 Å².